The highest BCUT2D eigenvalue weighted by Crippen LogP contribution is 2.42. The van der Waals surface area contributed by atoms with Gasteiger partial charge in [-0.2, -0.15) is 0 Å². The zero-order chi connectivity index (χ0) is 19.8. The molecule has 2 aromatic rings. The predicted molar refractivity (Wildman–Crippen MR) is 101 cm³/mol. The number of alkyl halides is 1. The van der Waals surface area contributed by atoms with E-state index in [1.54, 1.807) is 40.1 Å². The molecule has 2 heterocycles. The van der Waals surface area contributed by atoms with Crippen molar-refractivity contribution in [3.63, 3.8) is 0 Å². The van der Waals surface area contributed by atoms with Gasteiger partial charge in [-0.15, -0.1) is 10.2 Å². The molecule has 1 aliphatic rings. The topological polar surface area (TPSA) is 64.5 Å². The zero-order valence-corrected chi connectivity index (χ0v) is 16.9. The van der Waals surface area contributed by atoms with Gasteiger partial charge in [-0.3, -0.25) is 4.90 Å². The molecule has 1 saturated heterocycles. The van der Waals surface area contributed by atoms with E-state index in [-0.39, 0.29) is 0 Å². The van der Waals surface area contributed by atoms with Crippen molar-refractivity contribution < 1.29 is 18.7 Å². The fraction of sp³-hybridized carbons (Fsp3) is 0.526. The van der Waals surface area contributed by atoms with Crippen LogP contribution in [0.3, 0.4) is 0 Å². The highest BCUT2D eigenvalue weighted by Gasteiger charge is 2.51. The van der Waals surface area contributed by atoms with E-state index in [1.807, 2.05) is 24.3 Å². The fourth-order valence-electron chi connectivity index (χ4n) is 3.20. The molecule has 1 aromatic carbocycles. The first-order chi connectivity index (χ1) is 12.6. The van der Waals surface area contributed by atoms with Gasteiger partial charge in [0.15, 0.2) is 0 Å². The Morgan fingerprint density at radius 2 is 2.00 bits per heavy atom. The van der Waals surface area contributed by atoms with Crippen molar-refractivity contribution in [2.75, 3.05) is 6.67 Å². The fourth-order valence-corrected chi connectivity index (χ4v) is 3.76. The van der Waals surface area contributed by atoms with E-state index < -0.39 is 36.2 Å². The molecule has 2 unspecified atom stereocenters. The summed E-state index contributed by atoms with van der Waals surface area (Å²) in [4.78, 5) is 14.0. The first-order valence-electron chi connectivity index (χ1n) is 8.75. The standard InChI is InChI=1S/C19H24FN3O3S/c1-18(2,3)26-17(24)23-14(10-20)15(25-19(23,4)5)12-6-8-13(9-7-12)16-22-21-11-27-16/h6-9,11,14-15H,10H2,1-5H3. The zero-order valence-electron chi connectivity index (χ0n) is 16.1. The number of hydrogen-bond acceptors (Lipinski definition) is 6. The number of rotatable bonds is 3. The number of aromatic nitrogens is 2. The molecule has 0 aliphatic carbocycles. The van der Waals surface area contributed by atoms with E-state index in [0.717, 1.165) is 16.1 Å². The van der Waals surface area contributed by atoms with Crippen molar-refractivity contribution >= 4 is 17.4 Å². The van der Waals surface area contributed by atoms with Gasteiger partial charge >= 0.3 is 6.09 Å². The summed E-state index contributed by atoms with van der Waals surface area (Å²) in [6.45, 7) is 8.10. The third-order valence-electron chi connectivity index (χ3n) is 4.27. The monoisotopic (exact) mass is 393 g/mol. The summed E-state index contributed by atoms with van der Waals surface area (Å²) in [7, 11) is 0. The molecular weight excluding hydrogens is 369 g/mol. The van der Waals surface area contributed by atoms with E-state index in [2.05, 4.69) is 10.2 Å². The summed E-state index contributed by atoms with van der Waals surface area (Å²) in [5.74, 6) is 0. The molecule has 6 nitrogen and oxygen atoms in total. The number of ether oxygens (including phenoxy) is 2. The summed E-state index contributed by atoms with van der Waals surface area (Å²) in [6, 6.07) is 6.79. The Hall–Kier alpha value is -2.06. The van der Waals surface area contributed by atoms with Crippen LogP contribution < -0.4 is 0 Å². The Labute approximate surface area is 162 Å². The molecule has 1 amide bonds. The van der Waals surface area contributed by atoms with E-state index in [0.29, 0.717) is 0 Å². The summed E-state index contributed by atoms with van der Waals surface area (Å²) in [6.07, 6.45) is -1.16. The molecule has 0 spiro atoms. The lowest BCUT2D eigenvalue weighted by atomic mass is 10.0. The van der Waals surface area contributed by atoms with Crippen LogP contribution in [0.25, 0.3) is 10.6 Å². The molecule has 0 radical (unpaired) electrons. The van der Waals surface area contributed by atoms with Crippen LogP contribution in [0.1, 0.15) is 46.3 Å². The molecule has 1 fully saturated rings. The summed E-state index contributed by atoms with van der Waals surface area (Å²) in [5, 5.41) is 8.69. The maximum atomic E-state index is 14.0. The number of halogens is 1. The van der Waals surface area contributed by atoms with Crippen molar-refractivity contribution in [3.05, 3.63) is 35.3 Å². The van der Waals surface area contributed by atoms with Gasteiger partial charge in [-0.1, -0.05) is 35.6 Å². The molecular formula is C19H24FN3O3S. The normalized spacial score (nSPS) is 22.1. The average Bonchev–Trinajstić information content (AvgIpc) is 3.18. The van der Waals surface area contributed by atoms with Crippen LogP contribution in [0.2, 0.25) is 0 Å². The Balaban J connectivity index is 1.87. The van der Waals surface area contributed by atoms with E-state index in [1.165, 1.54) is 16.2 Å². The molecule has 0 bridgehead atoms. The van der Waals surface area contributed by atoms with Crippen LogP contribution in [-0.4, -0.2) is 45.2 Å². The average molecular weight is 393 g/mol. The number of hydrogen-bond donors (Lipinski definition) is 0. The summed E-state index contributed by atoms with van der Waals surface area (Å²) in [5.41, 5.74) is 1.74. The molecule has 8 heteroatoms. The maximum Gasteiger partial charge on any atom is 0.413 e. The lowest BCUT2D eigenvalue weighted by molar-refractivity contribution is -0.0797. The SMILES string of the molecule is CC(C)(C)OC(=O)N1C(CF)C(c2ccc(-c3nncs3)cc2)OC1(C)C. The van der Waals surface area contributed by atoms with Crippen LogP contribution in [0.15, 0.2) is 29.8 Å². The quantitative estimate of drug-likeness (QED) is 0.763. The van der Waals surface area contributed by atoms with Gasteiger partial charge in [-0.25, -0.2) is 9.18 Å². The maximum absolute atomic E-state index is 14.0. The van der Waals surface area contributed by atoms with Crippen molar-refractivity contribution in [2.24, 2.45) is 0 Å². The molecule has 146 valence electrons. The lowest BCUT2D eigenvalue weighted by Gasteiger charge is -2.34. The smallest absolute Gasteiger partial charge is 0.413 e. The largest absolute Gasteiger partial charge is 0.444 e. The van der Waals surface area contributed by atoms with E-state index >= 15 is 0 Å². The number of benzene rings is 1. The molecule has 0 saturated carbocycles. The van der Waals surface area contributed by atoms with Crippen LogP contribution in [0, 0.1) is 0 Å². The first-order valence-corrected chi connectivity index (χ1v) is 9.63. The van der Waals surface area contributed by atoms with Crippen molar-refractivity contribution in [3.8, 4) is 10.6 Å². The summed E-state index contributed by atoms with van der Waals surface area (Å²) >= 11 is 1.45. The minimum atomic E-state index is -0.984. The highest BCUT2D eigenvalue weighted by molar-refractivity contribution is 7.12. The third kappa shape index (κ3) is 4.11. The van der Waals surface area contributed by atoms with E-state index in [9.17, 15) is 9.18 Å². The van der Waals surface area contributed by atoms with Gasteiger partial charge in [0.05, 0.1) is 6.04 Å². The molecule has 2 atom stereocenters. The highest BCUT2D eigenvalue weighted by atomic mass is 32.1. The number of nitrogens with zero attached hydrogens (tertiary/aromatic N) is 3. The van der Waals surface area contributed by atoms with Gasteiger partial charge in [0.2, 0.25) is 0 Å². The van der Waals surface area contributed by atoms with Crippen molar-refractivity contribution in [1.82, 2.24) is 15.1 Å². The minimum Gasteiger partial charge on any atom is -0.444 e. The number of carbonyl (C=O) groups excluding carboxylic acids is 1. The predicted octanol–water partition coefficient (Wildman–Crippen LogP) is 4.59. The number of amides is 1. The molecule has 27 heavy (non-hydrogen) atoms. The lowest BCUT2D eigenvalue weighted by Crippen LogP contribution is -2.50. The third-order valence-corrected chi connectivity index (χ3v) is 5.01. The van der Waals surface area contributed by atoms with Crippen LogP contribution in [-0.2, 0) is 9.47 Å². The second kappa shape index (κ2) is 7.16. The Bertz CT molecular complexity index is 788. The van der Waals surface area contributed by atoms with Gasteiger partial charge in [0.25, 0.3) is 0 Å². The van der Waals surface area contributed by atoms with Crippen LogP contribution in [0.5, 0.6) is 0 Å². The Morgan fingerprint density at radius 3 is 2.52 bits per heavy atom. The van der Waals surface area contributed by atoms with Gasteiger partial charge in [0.1, 0.15) is 34.6 Å². The van der Waals surface area contributed by atoms with Crippen LogP contribution >= 0.6 is 11.3 Å². The van der Waals surface area contributed by atoms with Gasteiger partial charge in [0, 0.05) is 5.56 Å². The van der Waals surface area contributed by atoms with Gasteiger partial charge < -0.3 is 9.47 Å². The summed E-state index contributed by atoms with van der Waals surface area (Å²) < 4.78 is 25.5. The van der Waals surface area contributed by atoms with Crippen LogP contribution in [0.4, 0.5) is 9.18 Å². The first kappa shape index (κ1) is 19.7. The van der Waals surface area contributed by atoms with Gasteiger partial charge in [-0.05, 0) is 40.2 Å². The molecule has 0 N–H and O–H groups in total. The Kier molecular flexibility index (Phi) is 5.22. The Morgan fingerprint density at radius 1 is 1.33 bits per heavy atom. The number of carbonyl (C=O) groups is 1. The second-order valence-electron chi connectivity index (χ2n) is 7.92. The minimum absolute atomic E-state index is 0.580. The molecule has 1 aromatic heterocycles. The van der Waals surface area contributed by atoms with Crippen molar-refractivity contribution in [2.45, 2.75) is 58.1 Å². The molecule has 3 rings (SSSR count). The second-order valence-corrected chi connectivity index (χ2v) is 8.76. The molecule has 1 aliphatic heterocycles. The van der Waals surface area contributed by atoms with Crippen molar-refractivity contribution in [1.29, 1.82) is 0 Å². The van der Waals surface area contributed by atoms with E-state index in [4.69, 9.17) is 9.47 Å².